The van der Waals surface area contributed by atoms with Crippen molar-refractivity contribution in [1.29, 1.82) is 0 Å². The summed E-state index contributed by atoms with van der Waals surface area (Å²) in [5, 5.41) is 11.8. The number of amides is 1. The van der Waals surface area contributed by atoms with Gasteiger partial charge in [-0.3, -0.25) is 14.6 Å². The molecule has 2 rings (SSSR count). The maximum absolute atomic E-state index is 11.2. The number of nitrogens with one attached hydrogen (secondary N) is 1. The van der Waals surface area contributed by atoms with Gasteiger partial charge in [-0.05, 0) is 19.1 Å². The smallest absolute Gasteiger partial charge is 0.303 e. The Morgan fingerprint density at radius 1 is 1.33 bits per heavy atom. The van der Waals surface area contributed by atoms with Crippen molar-refractivity contribution in [3.8, 4) is 0 Å². The number of aliphatic imine (C=N–C) groups is 1. The van der Waals surface area contributed by atoms with Crippen LogP contribution in [0.4, 0.5) is 5.69 Å². The fourth-order valence-electron chi connectivity index (χ4n) is 1.43. The van der Waals surface area contributed by atoms with Gasteiger partial charge in [-0.1, -0.05) is 29.5 Å². The summed E-state index contributed by atoms with van der Waals surface area (Å²) in [7, 11) is 0. The topological polar surface area (TPSA) is 105 Å². The van der Waals surface area contributed by atoms with Crippen LogP contribution < -0.4 is 11.1 Å². The highest BCUT2D eigenvalue weighted by molar-refractivity contribution is 8.14. The second-order valence-corrected chi connectivity index (χ2v) is 5.49. The van der Waals surface area contributed by atoms with Crippen LogP contribution in [-0.4, -0.2) is 34.4 Å². The first kappa shape index (κ1) is 17.0. The summed E-state index contributed by atoms with van der Waals surface area (Å²) >= 11 is 1.62. The number of aryl methyl sites for hydroxylation is 1. The van der Waals surface area contributed by atoms with Crippen molar-refractivity contribution in [1.82, 2.24) is 0 Å². The predicted octanol–water partition coefficient (Wildman–Crippen LogP) is 1.85. The summed E-state index contributed by atoms with van der Waals surface area (Å²) < 4.78 is 0. The Balaban J connectivity index is 0.000000304. The Morgan fingerprint density at radius 3 is 2.43 bits per heavy atom. The third kappa shape index (κ3) is 7.98. The Morgan fingerprint density at radius 2 is 2.00 bits per heavy atom. The van der Waals surface area contributed by atoms with Crippen molar-refractivity contribution in [3.05, 3.63) is 29.8 Å². The van der Waals surface area contributed by atoms with Crippen LogP contribution in [0.3, 0.4) is 0 Å². The summed E-state index contributed by atoms with van der Waals surface area (Å²) in [4.78, 5) is 25.3. The maximum Gasteiger partial charge on any atom is 0.303 e. The Kier molecular flexibility index (Phi) is 7.31. The lowest BCUT2D eigenvalue weighted by atomic mass is 10.2. The van der Waals surface area contributed by atoms with E-state index in [2.05, 4.69) is 10.3 Å². The zero-order valence-corrected chi connectivity index (χ0v) is 12.7. The maximum atomic E-state index is 11.2. The monoisotopic (exact) mass is 309 g/mol. The van der Waals surface area contributed by atoms with Crippen molar-refractivity contribution in [3.63, 3.8) is 0 Å². The molecule has 0 aromatic heterocycles. The number of hydrogen-bond donors (Lipinski definition) is 3. The zero-order chi connectivity index (χ0) is 15.7. The van der Waals surface area contributed by atoms with Gasteiger partial charge in [-0.25, -0.2) is 0 Å². The quantitative estimate of drug-likeness (QED) is 0.787. The molecule has 1 amide bonds. The molecule has 0 bridgehead atoms. The average molecular weight is 309 g/mol. The van der Waals surface area contributed by atoms with E-state index in [0.717, 1.165) is 23.0 Å². The number of anilines is 1. The van der Waals surface area contributed by atoms with Crippen LogP contribution >= 0.6 is 11.8 Å². The Labute approximate surface area is 127 Å². The van der Waals surface area contributed by atoms with E-state index < -0.39 is 5.97 Å². The Bertz CT molecular complexity index is 515. The minimum absolute atomic E-state index is 0.00318. The van der Waals surface area contributed by atoms with Crippen LogP contribution in [-0.2, 0) is 9.59 Å². The molecule has 0 aliphatic carbocycles. The number of nitrogens with two attached hydrogens (primary N) is 1. The van der Waals surface area contributed by atoms with Gasteiger partial charge in [0.1, 0.15) is 0 Å². The van der Waals surface area contributed by atoms with E-state index in [-0.39, 0.29) is 18.7 Å². The molecule has 4 N–H and O–H groups in total. The fourth-order valence-corrected chi connectivity index (χ4v) is 2.01. The first-order valence-electron chi connectivity index (χ1n) is 6.48. The molecule has 6 nitrogen and oxygen atoms in total. The second kappa shape index (κ2) is 9.02. The molecule has 1 aliphatic heterocycles. The lowest BCUT2D eigenvalue weighted by Gasteiger charge is -2.03. The third-order valence-electron chi connectivity index (χ3n) is 2.51. The molecule has 1 aromatic carbocycles. The minimum Gasteiger partial charge on any atom is -0.481 e. The highest BCUT2D eigenvalue weighted by Crippen LogP contribution is 2.09. The van der Waals surface area contributed by atoms with E-state index in [4.69, 9.17) is 10.8 Å². The van der Waals surface area contributed by atoms with E-state index in [1.165, 1.54) is 0 Å². The van der Waals surface area contributed by atoms with Crippen LogP contribution in [0.1, 0.15) is 18.4 Å². The number of benzene rings is 1. The van der Waals surface area contributed by atoms with Crippen molar-refractivity contribution >= 4 is 34.5 Å². The lowest BCUT2D eigenvalue weighted by molar-refractivity contribution is -0.138. The number of carbonyl (C=O) groups excluding carboxylic acids is 1. The molecule has 1 aliphatic rings. The van der Waals surface area contributed by atoms with Gasteiger partial charge in [0.15, 0.2) is 5.17 Å². The van der Waals surface area contributed by atoms with E-state index in [1.807, 2.05) is 19.1 Å². The summed E-state index contributed by atoms with van der Waals surface area (Å²) in [6, 6.07) is 7.33. The third-order valence-corrected chi connectivity index (χ3v) is 3.32. The Hall–Kier alpha value is -2.02. The molecular weight excluding hydrogens is 290 g/mol. The number of amidine groups is 1. The van der Waals surface area contributed by atoms with Gasteiger partial charge < -0.3 is 16.2 Å². The molecular formula is C14H19N3O3S. The highest BCUT2D eigenvalue weighted by Gasteiger charge is 2.05. The van der Waals surface area contributed by atoms with E-state index in [9.17, 15) is 9.59 Å². The number of hydrogen-bond acceptors (Lipinski definition) is 5. The highest BCUT2D eigenvalue weighted by atomic mass is 32.2. The van der Waals surface area contributed by atoms with E-state index in [1.54, 1.807) is 23.9 Å². The molecule has 0 atom stereocenters. The number of rotatable bonds is 4. The molecule has 0 unspecified atom stereocenters. The molecule has 114 valence electrons. The van der Waals surface area contributed by atoms with Crippen LogP contribution in [0.2, 0.25) is 0 Å². The molecule has 0 saturated carbocycles. The number of nitrogens with zero attached hydrogens (tertiary/aromatic N) is 1. The molecule has 1 heterocycles. The number of aliphatic carboxylic acids is 1. The van der Waals surface area contributed by atoms with Gasteiger partial charge in [-0.2, -0.15) is 0 Å². The summed E-state index contributed by atoms with van der Waals surface area (Å²) in [5.41, 5.74) is 7.05. The van der Waals surface area contributed by atoms with Crippen LogP contribution in [0, 0.1) is 6.92 Å². The summed E-state index contributed by atoms with van der Waals surface area (Å²) in [6.07, 6.45) is -0.138. The van der Waals surface area contributed by atoms with Crippen LogP contribution in [0.15, 0.2) is 29.3 Å². The van der Waals surface area contributed by atoms with Gasteiger partial charge in [0, 0.05) is 17.9 Å². The normalized spacial score (nSPS) is 12.9. The SMILES string of the molecule is Cc1ccc(NC(=O)CCC(=O)O)cc1.NC1=NCCS1. The first-order valence-corrected chi connectivity index (χ1v) is 7.47. The minimum atomic E-state index is -0.964. The molecule has 0 radical (unpaired) electrons. The van der Waals surface area contributed by atoms with Gasteiger partial charge in [-0.15, -0.1) is 0 Å². The molecule has 1 aromatic rings. The van der Waals surface area contributed by atoms with Crippen molar-refractivity contribution in [2.45, 2.75) is 19.8 Å². The predicted molar refractivity (Wildman–Crippen MR) is 85.6 cm³/mol. The van der Waals surface area contributed by atoms with Gasteiger partial charge in [0.25, 0.3) is 0 Å². The average Bonchev–Trinajstić information content (AvgIpc) is 2.91. The van der Waals surface area contributed by atoms with Crippen molar-refractivity contribution in [2.24, 2.45) is 10.7 Å². The number of carboxylic acids is 1. The van der Waals surface area contributed by atoms with Gasteiger partial charge in [0.2, 0.25) is 5.91 Å². The molecule has 21 heavy (non-hydrogen) atoms. The number of carboxylic acid groups (broad SMARTS) is 1. The zero-order valence-electron chi connectivity index (χ0n) is 11.8. The molecule has 0 fully saturated rings. The second-order valence-electron chi connectivity index (χ2n) is 4.38. The van der Waals surface area contributed by atoms with E-state index >= 15 is 0 Å². The number of thioether (sulfide) groups is 1. The lowest BCUT2D eigenvalue weighted by Crippen LogP contribution is -2.12. The summed E-state index contributed by atoms with van der Waals surface area (Å²) in [6.45, 7) is 2.87. The summed E-state index contributed by atoms with van der Waals surface area (Å²) in [5.74, 6) is -0.165. The standard InChI is InChI=1S/C11H13NO3.C3H6N2S/c1-8-2-4-9(5-3-8)12-10(13)6-7-11(14)15;4-3-5-1-2-6-3/h2-5H,6-7H2,1H3,(H,12,13)(H,14,15);1-2H2,(H2,4,5). The van der Waals surface area contributed by atoms with Crippen molar-refractivity contribution < 1.29 is 14.7 Å². The first-order chi connectivity index (χ1) is 9.97. The van der Waals surface area contributed by atoms with Gasteiger partial charge >= 0.3 is 5.97 Å². The molecule has 7 heteroatoms. The van der Waals surface area contributed by atoms with E-state index in [0.29, 0.717) is 5.69 Å². The number of carbonyl (C=O) groups is 2. The molecule has 0 saturated heterocycles. The van der Waals surface area contributed by atoms with Crippen LogP contribution in [0.25, 0.3) is 0 Å². The van der Waals surface area contributed by atoms with Gasteiger partial charge in [0.05, 0.1) is 13.0 Å². The largest absolute Gasteiger partial charge is 0.481 e. The van der Waals surface area contributed by atoms with Crippen molar-refractivity contribution in [2.75, 3.05) is 17.6 Å². The molecule has 0 spiro atoms. The van der Waals surface area contributed by atoms with Crippen LogP contribution in [0.5, 0.6) is 0 Å². The fraction of sp³-hybridized carbons (Fsp3) is 0.357.